The second-order valence-corrected chi connectivity index (χ2v) is 23.1. The van der Waals surface area contributed by atoms with Crippen molar-refractivity contribution in [1.82, 2.24) is 0 Å². The highest BCUT2D eigenvalue weighted by Gasteiger charge is 2.19. The largest absolute Gasteiger partial charge is 0.462 e. The molecule has 0 saturated carbocycles. The van der Waals surface area contributed by atoms with Gasteiger partial charge in [-0.1, -0.05) is 336 Å². The van der Waals surface area contributed by atoms with E-state index >= 15 is 0 Å². The highest BCUT2D eigenvalue weighted by Crippen LogP contribution is 2.18. The Balaban J connectivity index is 4.13. The van der Waals surface area contributed by atoms with Crippen molar-refractivity contribution in [2.75, 3.05) is 13.2 Å². The maximum Gasteiger partial charge on any atom is 0.306 e. The van der Waals surface area contributed by atoms with E-state index in [1.165, 1.54) is 180 Å². The third-order valence-corrected chi connectivity index (χ3v) is 15.1. The van der Waals surface area contributed by atoms with E-state index < -0.39 is 6.10 Å². The molecule has 1 atom stereocenters. The van der Waals surface area contributed by atoms with Gasteiger partial charge in [0.15, 0.2) is 6.10 Å². The molecular formula is C75H130O6. The summed E-state index contributed by atoms with van der Waals surface area (Å²) in [7, 11) is 0. The van der Waals surface area contributed by atoms with Crippen LogP contribution in [0.25, 0.3) is 0 Å². The molecule has 1 unspecified atom stereocenters. The standard InChI is InChI=1S/C75H130O6/c1-4-7-10-13-16-18-20-22-24-26-28-30-32-34-35-36-37-38-39-41-42-44-46-48-50-52-54-56-59-62-65-68-74(77)80-71-72(70-79-73(76)67-64-61-58-15-12-9-6-3)81-75(78)69-66-63-60-57-55-53-51-49-47-45-43-40-33-31-29-27-25-23-21-19-17-14-11-8-5-2/h7,10,16,18,22,24,28,30,34-35,37-38,41-42,46,48,72H,4-6,8-9,11-15,17,19-21,23,25-27,29,31-33,36,39-40,43-45,47,49-71H2,1-3H3/b10-7-,18-16-,24-22-,30-28-,35-34-,38-37-,42-41-,48-46-. The molecule has 0 aromatic rings. The molecule has 0 radical (unpaired) electrons. The molecule has 6 heteroatoms. The third-order valence-electron chi connectivity index (χ3n) is 15.1. The van der Waals surface area contributed by atoms with Crippen molar-refractivity contribution in [2.24, 2.45) is 0 Å². The Bertz CT molecular complexity index is 1580. The molecule has 0 aliphatic carbocycles. The van der Waals surface area contributed by atoms with Gasteiger partial charge in [-0.05, 0) is 83.5 Å². The van der Waals surface area contributed by atoms with E-state index in [1.807, 2.05) is 0 Å². The fourth-order valence-corrected chi connectivity index (χ4v) is 9.93. The fraction of sp³-hybridized carbons (Fsp3) is 0.747. The van der Waals surface area contributed by atoms with E-state index in [4.69, 9.17) is 14.2 Å². The third kappa shape index (κ3) is 67.0. The van der Waals surface area contributed by atoms with Gasteiger partial charge in [0.25, 0.3) is 0 Å². The molecule has 0 spiro atoms. The molecule has 0 aromatic carbocycles. The highest BCUT2D eigenvalue weighted by atomic mass is 16.6. The highest BCUT2D eigenvalue weighted by molar-refractivity contribution is 5.71. The van der Waals surface area contributed by atoms with Crippen molar-refractivity contribution in [1.29, 1.82) is 0 Å². The summed E-state index contributed by atoms with van der Waals surface area (Å²) < 4.78 is 16.9. The Hall–Kier alpha value is -3.67. The Labute approximate surface area is 502 Å². The summed E-state index contributed by atoms with van der Waals surface area (Å²) in [6.45, 7) is 6.51. The molecule has 6 nitrogen and oxygen atoms in total. The first kappa shape index (κ1) is 77.3. The molecule has 466 valence electrons. The minimum atomic E-state index is -0.780. The van der Waals surface area contributed by atoms with E-state index in [-0.39, 0.29) is 31.1 Å². The van der Waals surface area contributed by atoms with Gasteiger partial charge in [0, 0.05) is 19.3 Å². The van der Waals surface area contributed by atoms with Crippen LogP contribution in [0.4, 0.5) is 0 Å². The lowest BCUT2D eigenvalue weighted by atomic mass is 10.0. The number of carbonyl (C=O) groups excluding carboxylic acids is 3. The smallest absolute Gasteiger partial charge is 0.306 e. The number of hydrogen-bond acceptors (Lipinski definition) is 6. The van der Waals surface area contributed by atoms with E-state index in [1.54, 1.807) is 0 Å². The number of esters is 3. The van der Waals surface area contributed by atoms with E-state index in [9.17, 15) is 14.4 Å². The van der Waals surface area contributed by atoms with Crippen LogP contribution in [0.5, 0.6) is 0 Å². The van der Waals surface area contributed by atoms with Gasteiger partial charge in [-0.25, -0.2) is 0 Å². The van der Waals surface area contributed by atoms with E-state index in [0.717, 1.165) is 122 Å². The first-order valence-corrected chi connectivity index (χ1v) is 34.7. The van der Waals surface area contributed by atoms with E-state index in [2.05, 4.69) is 118 Å². The van der Waals surface area contributed by atoms with Crippen molar-refractivity contribution >= 4 is 17.9 Å². The number of ether oxygens (including phenoxy) is 3. The van der Waals surface area contributed by atoms with Crippen LogP contribution < -0.4 is 0 Å². The van der Waals surface area contributed by atoms with Gasteiger partial charge in [-0.15, -0.1) is 0 Å². The fourth-order valence-electron chi connectivity index (χ4n) is 9.93. The molecular weight excluding hydrogens is 997 g/mol. The summed E-state index contributed by atoms with van der Waals surface area (Å²) in [5.41, 5.74) is 0. The van der Waals surface area contributed by atoms with E-state index in [0.29, 0.717) is 19.3 Å². The quantitative estimate of drug-likeness (QED) is 0.0261. The lowest BCUT2D eigenvalue weighted by molar-refractivity contribution is -0.167. The van der Waals surface area contributed by atoms with Gasteiger partial charge in [-0.3, -0.25) is 14.4 Å². The van der Waals surface area contributed by atoms with Gasteiger partial charge in [0.1, 0.15) is 13.2 Å². The average molecular weight is 1130 g/mol. The zero-order chi connectivity index (χ0) is 58.5. The number of rotatable bonds is 63. The molecule has 0 fully saturated rings. The summed E-state index contributed by atoms with van der Waals surface area (Å²) in [6.07, 6.45) is 93.2. The maximum atomic E-state index is 12.9. The second kappa shape index (κ2) is 68.8. The van der Waals surface area contributed by atoms with Crippen LogP contribution in [0.15, 0.2) is 97.2 Å². The number of carbonyl (C=O) groups is 3. The molecule has 0 amide bonds. The average Bonchev–Trinajstić information content (AvgIpc) is 3.46. The van der Waals surface area contributed by atoms with Gasteiger partial charge >= 0.3 is 17.9 Å². The summed E-state index contributed by atoms with van der Waals surface area (Å²) in [6, 6.07) is 0. The van der Waals surface area contributed by atoms with Crippen LogP contribution in [0, 0.1) is 0 Å². The minimum Gasteiger partial charge on any atom is -0.462 e. The molecule has 0 saturated heterocycles. The zero-order valence-electron chi connectivity index (χ0n) is 53.5. The van der Waals surface area contributed by atoms with Crippen LogP contribution in [-0.2, 0) is 28.6 Å². The predicted octanol–water partition coefficient (Wildman–Crippen LogP) is 24.0. The Morgan fingerprint density at radius 3 is 0.753 bits per heavy atom. The Kier molecular flexibility index (Phi) is 65.7. The predicted molar refractivity (Wildman–Crippen MR) is 353 cm³/mol. The van der Waals surface area contributed by atoms with Crippen molar-refractivity contribution in [3.05, 3.63) is 97.2 Å². The first-order chi connectivity index (χ1) is 40.0. The van der Waals surface area contributed by atoms with Gasteiger partial charge in [0.05, 0.1) is 0 Å². The molecule has 0 N–H and O–H groups in total. The summed E-state index contributed by atoms with van der Waals surface area (Å²) in [5.74, 6) is -0.886. The Morgan fingerprint density at radius 2 is 0.481 bits per heavy atom. The van der Waals surface area contributed by atoms with Crippen molar-refractivity contribution in [3.63, 3.8) is 0 Å². The molecule has 81 heavy (non-hydrogen) atoms. The molecule has 0 aliphatic rings. The monoisotopic (exact) mass is 1130 g/mol. The Morgan fingerprint density at radius 1 is 0.259 bits per heavy atom. The van der Waals surface area contributed by atoms with Crippen LogP contribution in [0.3, 0.4) is 0 Å². The van der Waals surface area contributed by atoms with Gasteiger partial charge in [0.2, 0.25) is 0 Å². The maximum absolute atomic E-state index is 12.9. The topological polar surface area (TPSA) is 78.9 Å². The molecule has 0 bridgehead atoms. The van der Waals surface area contributed by atoms with Gasteiger partial charge < -0.3 is 14.2 Å². The lowest BCUT2D eigenvalue weighted by Gasteiger charge is -2.18. The zero-order valence-corrected chi connectivity index (χ0v) is 53.5. The number of allylic oxidation sites excluding steroid dienone is 16. The second-order valence-electron chi connectivity index (χ2n) is 23.1. The van der Waals surface area contributed by atoms with Gasteiger partial charge in [-0.2, -0.15) is 0 Å². The normalized spacial score (nSPS) is 12.7. The molecule has 0 heterocycles. The molecule has 0 aliphatic heterocycles. The summed E-state index contributed by atoms with van der Waals surface area (Å²) >= 11 is 0. The van der Waals surface area contributed by atoms with Crippen molar-refractivity contribution in [2.45, 2.75) is 348 Å². The van der Waals surface area contributed by atoms with Crippen LogP contribution in [0.2, 0.25) is 0 Å². The van der Waals surface area contributed by atoms with Crippen LogP contribution in [-0.4, -0.2) is 37.2 Å². The SMILES string of the molecule is CC/C=C\C/C=C\C/C=C\C/C=C\C/C=C\C/C=C\C/C=C\C/C=C\CCCCCCCCC(=O)OCC(COC(=O)CCCCCCCCC)OC(=O)CCCCCCCCCCCCCCCCCCCCCCCCCCC. The lowest BCUT2D eigenvalue weighted by Crippen LogP contribution is -2.30. The number of hydrogen-bond donors (Lipinski definition) is 0. The van der Waals surface area contributed by atoms with Crippen molar-refractivity contribution < 1.29 is 28.6 Å². The van der Waals surface area contributed by atoms with Crippen LogP contribution in [0.1, 0.15) is 342 Å². The summed E-state index contributed by atoms with van der Waals surface area (Å²) in [5, 5.41) is 0. The minimum absolute atomic E-state index is 0.0786. The molecule has 0 aromatic heterocycles. The van der Waals surface area contributed by atoms with Crippen LogP contribution >= 0.6 is 0 Å². The van der Waals surface area contributed by atoms with Crippen molar-refractivity contribution in [3.8, 4) is 0 Å². The first-order valence-electron chi connectivity index (χ1n) is 34.7. The summed E-state index contributed by atoms with van der Waals surface area (Å²) in [4.78, 5) is 38.2. The number of unbranched alkanes of at least 4 members (excludes halogenated alkanes) is 36. The molecule has 0 rings (SSSR count).